The number of aliphatic hydroxyl groups is 2. The van der Waals surface area contributed by atoms with Crippen LogP contribution < -0.4 is 11.1 Å². The van der Waals surface area contributed by atoms with Crippen LogP contribution in [0.2, 0.25) is 0 Å². The number of hydrogen-bond acceptors (Lipinski definition) is 12. The van der Waals surface area contributed by atoms with Crippen molar-refractivity contribution in [2.24, 2.45) is 5.92 Å². The van der Waals surface area contributed by atoms with Crippen molar-refractivity contribution in [1.82, 2.24) is 29.7 Å². The second-order valence-corrected chi connectivity index (χ2v) is 11.0. The number of anilines is 1. The number of aliphatic hydroxyl groups excluding tert-OH is 2. The third-order valence-electron chi connectivity index (χ3n) is 8.01. The fourth-order valence-corrected chi connectivity index (χ4v) is 5.57. The Labute approximate surface area is 252 Å². The number of likely N-dealkylation sites (N-methyl/N-ethyl adjacent to an activating group) is 1. The van der Waals surface area contributed by atoms with Gasteiger partial charge in [-0.3, -0.25) is 19.5 Å². The number of nitrogens with one attached hydrogen (secondary N) is 1. The number of aromatic nitrogens is 4. The molecule has 5 N–H and O–H groups in total. The van der Waals surface area contributed by atoms with E-state index < -0.39 is 41.5 Å². The van der Waals surface area contributed by atoms with E-state index in [1.165, 1.54) is 23.0 Å². The number of aryl methyl sites for hydroxylation is 1. The minimum absolute atomic E-state index is 0.0175. The Kier molecular flexibility index (Phi) is 9.51. The van der Waals surface area contributed by atoms with Crippen molar-refractivity contribution >= 4 is 34.7 Å². The Morgan fingerprint density at radius 2 is 1.91 bits per heavy atom. The first kappa shape index (κ1) is 31.0. The Balaban J connectivity index is 1.11. The van der Waals surface area contributed by atoms with Gasteiger partial charge in [-0.15, -0.1) is 0 Å². The SMILES string of the molecule is CCNC(=O)[C@H]1O[C@@H](n2cnc3c(N)nc(CCCC4CCN(C(=O)OCc5ccc([N+](=O)[O-])cc5)CC4)nc32)[C@@H](O)C1O. The second-order valence-electron chi connectivity index (χ2n) is 11.0. The number of nitro benzene ring substituents is 1. The van der Waals surface area contributed by atoms with Crippen LogP contribution in [0, 0.1) is 16.0 Å². The molecule has 5 rings (SSSR count). The number of fused-ring (bicyclic) bond motifs is 1. The molecule has 0 bridgehead atoms. The zero-order chi connectivity index (χ0) is 31.4. The van der Waals surface area contributed by atoms with Crippen LogP contribution in [0.5, 0.6) is 0 Å². The van der Waals surface area contributed by atoms with Gasteiger partial charge in [-0.1, -0.05) is 0 Å². The summed E-state index contributed by atoms with van der Waals surface area (Å²) in [6.07, 6.45) is -0.267. The lowest BCUT2D eigenvalue weighted by Gasteiger charge is -2.31. The third-order valence-corrected chi connectivity index (χ3v) is 8.01. The smallest absolute Gasteiger partial charge is 0.410 e. The van der Waals surface area contributed by atoms with Crippen LogP contribution in [-0.2, 0) is 27.3 Å². The molecule has 2 aliphatic rings. The molecule has 1 unspecified atom stereocenters. The van der Waals surface area contributed by atoms with Gasteiger partial charge in [0, 0.05) is 38.2 Å². The fourth-order valence-electron chi connectivity index (χ4n) is 5.57. The minimum Gasteiger partial charge on any atom is -0.445 e. The van der Waals surface area contributed by atoms with Crippen LogP contribution in [0.1, 0.15) is 50.2 Å². The van der Waals surface area contributed by atoms with Gasteiger partial charge in [0.25, 0.3) is 11.6 Å². The molecule has 0 aliphatic carbocycles. The average molecular weight is 613 g/mol. The molecule has 4 atom stereocenters. The van der Waals surface area contributed by atoms with Gasteiger partial charge in [0.15, 0.2) is 23.8 Å². The molecule has 44 heavy (non-hydrogen) atoms. The van der Waals surface area contributed by atoms with E-state index in [4.69, 9.17) is 15.2 Å². The first-order valence-electron chi connectivity index (χ1n) is 14.6. The molecule has 0 saturated carbocycles. The van der Waals surface area contributed by atoms with Gasteiger partial charge in [0.2, 0.25) is 0 Å². The Hall–Kier alpha value is -4.41. The molecule has 2 fully saturated rings. The number of benzene rings is 1. The molecule has 3 aromatic rings. The van der Waals surface area contributed by atoms with Crippen molar-refractivity contribution < 1.29 is 34.2 Å². The van der Waals surface area contributed by atoms with Crippen molar-refractivity contribution in [3.05, 3.63) is 52.1 Å². The zero-order valence-corrected chi connectivity index (χ0v) is 24.2. The van der Waals surface area contributed by atoms with E-state index in [0.29, 0.717) is 54.5 Å². The number of nitro groups is 1. The summed E-state index contributed by atoms with van der Waals surface area (Å²) >= 11 is 0. The summed E-state index contributed by atoms with van der Waals surface area (Å²) < 4.78 is 12.6. The van der Waals surface area contributed by atoms with Crippen LogP contribution in [0.25, 0.3) is 11.2 Å². The monoisotopic (exact) mass is 612 g/mol. The first-order valence-corrected chi connectivity index (χ1v) is 14.6. The summed E-state index contributed by atoms with van der Waals surface area (Å²) in [5.74, 6) is 0.566. The number of carbonyl (C=O) groups excluding carboxylic acids is 2. The van der Waals surface area contributed by atoms with Crippen LogP contribution in [-0.4, -0.2) is 89.5 Å². The number of nitrogens with two attached hydrogens (primary N) is 1. The first-order chi connectivity index (χ1) is 21.2. The Morgan fingerprint density at radius 1 is 1.18 bits per heavy atom. The highest BCUT2D eigenvalue weighted by Crippen LogP contribution is 2.32. The molecule has 2 saturated heterocycles. The van der Waals surface area contributed by atoms with Gasteiger partial charge < -0.3 is 35.6 Å². The maximum atomic E-state index is 12.5. The number of nitrogen functional groups attached to an aromatic ring is 1. The van der Waals surface area contributed by atoms with Crippen LogP contribution in [0.4, 0.5) is 16.3 Å². The zero-order valence-electron chi connectivity index (χ0n) is 24.2. The summed E-state index contributed by atoms with van der Waals surface area (Å²) in [5.41, 5.74) is 7.49. The molecule has 236 valence electrons. The molecule has 2 amide bonds. The van der Waals surface area contributed by atoms with Crippen molar-refractivity contribution in [2.45, 2.75) is 70.2 Å². The Bertz CT molecular complexity index is 1490. The summed E-state index contributed by atoms with van der Waals surface area (Å²) in [7, 11) is 0. The standard InChI is InChI=1S/C28H36N8O8/c1-2-30-26(39)23-21(37)22(38)27(44-23)35-15-31-20-24(29)32-19(33-25(20)35)5-3-4-16-10-12-34(13-11-16)28(40)43-14-17-6-8-18(9-7-17)36(41)42/h6-9,15-16,21-23,27,37-38H,2-5,10-14H2,1H3,(H,30,39)(H2,29,32,33)/t21?,22-,23-,27+/m0/s1. The molecule has 4 heterocycles. The summed E-state index contributed by atoms with van der Waals surface area (Å²) in [6.45, 7) is 3.29. The summed E-state index contributed by atoms with van der Waals surface area (Å²) in [4.78, 5) is 50.0. The van der Waals surface area contributed by atoms with Gasteiger partial charge in [0.1, 0.15) is 30.2 Å². The van der Waals surface area contributed by atoms with Crippen molar-refractivity contribution in [3.63, 3.8) is 0 Å². The minimum atomic E-state index is -1.43. The molecule has 16 nitrogen and oxygen atoms in total. The number of carbonyl (C=O) groups is 2. The van der Waals surface area contributed by atoms with Crippen molar-refractivity contribution in [2.75, 3.05) is 25.4 Å². The maximum Gasteiger partial charge on any atom is 0.410 e. The molecule has 2 aromatic heterocycles. The largest absolute Gasteiger partial charge is 0.445 e. The molecule has 0 radical (unpaired) electrons. The second kappa shape index (κ2) is 13.5. The van der Waals surface area contributed by atoms with E-state index in [-0.39, 0.29) is 18.1 Å². The Morgan fingerprint density at radius 3 is 2.59 bits per heavy atom. The number of hydrogen-bond donors (Lipinski definition) is 4. The highest BCUT2D eigenvalue weighted by Gasteiger charge is 2.47. The predicted octanol–water partition coefficient (Wildman–Crippen LogP) is 1.44. The molecule has 2 aliphatic heterocycles. The lowest BCUT2D eigenvalue weighted by atomic mass is 9.91. The number of likely N-dealkylation sites (tertiary alicyclic amines) is 1. The molecule has 1 aromatic carbocycles. The summed E-state index contributed by atoms with van der Waals surface area (Å²) in [5, 5.41) is 34.4. The fraction of sp³-hybridized carbons (Fsp3) is 0.536. The van der Waals surface area contributed by atoms with Gasteiger partial charge in [-0.2, -0.15) is 0 Å². The quantitative estimate of drug-likeness (QED) is 0.189. The summed E-state index contributed by atoms with van der Waals surface area (Å²) in [6, 6.07) is 5.90. The topological polar surface area (TPSA) is 221 Å². The van der Waals surface area contributed by atoms with Gasteiger partial charge >= 0.3 is 6.09 Å². The number of rotatable bonds is 10. The van der Waals surface area contributed by atoms with Crippen LogP contribution in [0.3, 0.4) is 0 Å². The highest BCUT2D eigenvalue weighted by atomic mass is 16.6. The van der Waals surface area contributed by atoms with E-state index in [2.05, 4.69) is 20.3 Å². The lowest BCUT2D eigenvalue weighted by Crippen LogP contribution is -2.42. The normalized spacial score (nSPS) is 22.3. The number of nitrogens with zero attached hydrogens (tertiary/aromatic N) is 6. The highest BCUT2D eigenvalue weighted by molar-refractivity contribution is 5.83. The van der Waals surface area contributed by atoms with E-state index >= 15 is 0 Å². The molecular formula is C28H36N8O8. The van der Waals surface area contributed by atoms with Gasteiger partial charge in [0.05, 0.1) is 11.3 Å². The number of imidazole rings is 1. The van der Waals surface area contributed by atoms with Gasteiger partial charge in [-0.25, -0.2) is 19.7 Å². The van der Waals surface area contributed by atoms with E-state index in [0.717, 1.165) is 25.7 Å². The van der Waals surface area contributed by atoms with Gasteiger partial charge in [-0.05, 0) is 56.2 Å². The van der Waals surface area contributed by atoms with E-state index in [9.17, 15) is 29.9 Å². The third kappa shape index (κ3) is 6.71. The predicted molar refractivity (Wildman–Crippen MR) is 155 cm³/mol. The number of piperidine rings is 1. The average Bonchev–Trinajstić information content (AvgIpc) is 3.57. The molecule has 0 spiro atoms. The maximum absolute atomic E-state index is 12.5. The molecule has 16 heteroatoms. The number of amides is 2. The van der Waals surface area contributed by atoms with Crippen LogP contribution >= 0.6 is 0 Å². The lowest BCUT2D eigenvalue weighted by molar-refractivity contribution is -0.384. The van der Waals surface area contributed by atoms with E-state index in [1.807, 2.05) is 0 Å². The number of non-ortho nitro benzene ring substituents is 1. The van der Waals surface area contributed by atoms with Crippen LogP contribution in [0.15, 0.2) is 30.6 Å². The number of ether oxygens (including phenoxy) is 2. The van der Waals surface area contributed by atoms with Crippen molar-refractivity contribution in [3.8, 4) is 0 Å². The van der Waals surface area contributed by atoms with E-state index in [1.54, 1.807) is 24.0 Å². The molecular weight excluding hydrogens is 576 g/mol. The van der Waals surface area contributed by atoms with Crippen molar-refractivity contribution in [1.29, 1.82) is 0 Å².